The van der Waals surface area contributed by atoms with Crippen molar-refractivity contribution < 1.29 is 46.1 Å². The van der Waals surface area contributed by atoms with Gasteiger partial charge in [0.1, 0.15) is 18.1 Å². The summed E-state index contributed by atoms with van der Waals surface area (Å²) >= 11 is 3.19. The Bertz CT molecular complexity index is 1640. The van der Waals surface area contributed by atoms with Crippen LogP contribution in [0.3, 0.4) is 0 Å². The molecule has 1 saturated heterocycles. The van der Waals surface area contributed by atoms with Gasteiger partial charge in [0.05, 0.1) is 23.8 Å². The number of hydrogen-bond acceptors (Lipinski definition) is 8. The van der Waals surface area contributed by atoms with Crippen LogP contribution in [0.4, 0.5) is 32.2 Å². The summed E-state index contributed by atoms with van der Waals surface area (Å²) in [5.41, 5.74) is -1.07. The lowest BCUT2D eigenvalue weighted by Gasteiger charge is -2.27. The van der Waals surface area contributed by atoms with Gasteiger partial charge in [-0.05, 0) is 71.9 Å². The number of carbonyl (C=O) groups is 1. The summed E-state index contributed by atoms with van der Waals surface area (Å²) in [5.74, 6) is 1.42. The Hall–Kier alpha value is -3.05. The van der Waals surface area contributed by atoms with Crippen molar-refractivity contribution in [2.75, 3.05) is 17.7 Å². The number of carbonyl (C=O) groups excluding carboxylic acids is 1. The van der Waals surface area contributed by atoms with Gasteiger partial charge in [-0.15, -0.1) is 0 Å². The summed E-state index contributed by atoms with van der Waals surface area (Å²) in [6, 6.07) is 11.5. The number of aliphatic hydroxyl groups is 2. The molecule has 4 rings (SSSR count). The number of halogens is 6. The summed E-state index contributed by atoms with van der Waals surface area (Å²) in [6.45, 7) is 3.48. The van der Waals surface area contributed by atoms with Gasteiger partial charge in [-0.3, -0.25) is 9.36 Å². The summed E-state index contributed by atoms with van der Waals surface area (Å²) in [7, 11) is 0. The third kappa shape index (κ3) is 12.5. The second-order valence-electron chi connectivity index (χ2n) is 13.2. The third-order valence-corrected chi connectivity index (χ3v) is 11.0. The predicted octanol–water partition coefficient (Wildman–Crippen LogP) is 7.68. The number of alkyl halides is 6. The number of amides is 1. The molecule has 16 heteroatoms. The lowest BCUT2D eigenvalue weighted by Crippen LogP contribution is -2.29. The third-order valence-electron chi connectivity index (χ3n) is 8.48. The van der Waals surface area contributed by atoms with Gasteiger partial charge in [-0.2, -0.15) is 54.9 Å². The minimum Gasteiger partial charge on any atom is -0.394 e. The summed E-state index contributed by atoms with van der Waals surface area (Å²) < 4.78 is 84.5. The minimum absolute atomic E-state index is 0.0596. The topological polar surface area (TPSA) is 114 Å². The highest BCUT2D eigenvalue weighted by Crippen LogP contribution is 2.35. The molecule has 0 saturated carbocycles. The van der Waals surface area contributed by atoms with Gasteiger partial charge in [-0.25, -0.2) is 4.79 Å². The molecule has 1 aliphatic rings. The van der Waals surface area contributed by atoms with E-state index in [0.29, 0.717) is 30.1 Å². The number of hydrogen-bond donors (Lipinski definition) is 3. The van der Waals surface area contributed by atoms with Crippen LogP contribution in [0.15, 0.2) is 65.6 Å². The van der Waals surface area contributed by atoms with Crippen LogP contribution in [0.2, 0.25) is 0 Å². The average Bonchev–Trinajstić information content (AvgIpc) is 3.43. The van der Waals surface area contributed by atoms with E-state index in [1.807, 2.05) is 13.8 Å². The Labute approximate surface area is 300 Å². The molecule has 2 heterocycles. The molecule has 0 bridgehead atoms. The van der Waals surface area contributed by atoms with Crippen LogP contribution in [0.1, 0.15) is 74.4 Å². The lowest BCUT2D eigenvalue weighted by molar-refractivity contribution is -0.138. The van der Waals surface area contributed by atoms with Crippen LogP contribution in [0.5, 0.6) is 0 Å². The van der Waals surface area contributed by atoms with Crippen molar-refractivity contribution in [3.8, 4) is 0 Å². The standard InChI is InChI=1S/C35H41F6N3O5S2/c1-33(2,18-30(47)42-29-12-15-44(32(48)43-29)31-17-27(46)28(19-45)49-31)14-11-26(51-21-23-5-9-25(10-6-23)35(39,40)41)13-16-50-20-22-3-7-24(8-4-22)34(36,37)38/h3-10,12,15,26-28,31,45-46H,11,13-14,16-21H2,1-2H3,(H,42,43,47,48)/t26-,27-,28-,31-/m1/s1. The molecule has 1 aliphatic heterocycles. The highest BCUT2D eigenvalue weighted by Gasteiger charge is 2.35. The molecular formula is C35H41F6N3O5S2. The van der Waals surface area contributed by atoms with Crippen LogP contribution in [-0.4, -0.2) is 55.5 Å². The van der Waals surface area contributed by atoms with Crippen molar-refractivity contribution in [1.29, 1.82) is 0 Å². The minimum atomic E-state index is -4.42. The lowest BCUT2D eigenvalue weighted by atomic mass is 9.83. The van der Waals surface area contributed by atoms with Gasteiger partial charge in [0, 0.05) is 35.8 Å². The van der Waals surface area contributed by atoms with Gasteiger partial charge in [0.25, 0.3) is 0 Å². The smallest absolute Gasteiger partial charge is 0.394 e. The number of aliphatic hydroxyl groups excluding tert-OH is 2. The van der Waals surface area contributed by atoms with Crippen LogP contribution < -0.4 is 11.0 Å². The fraction of sp³-hybridized carbons (Fsp3) is 0.514. The maximum atomic E-state index is 13.0. The second-order valence-corrected chi connectivity index (χ2v) is 15.6. The first kappa shape index (κ1) is 40.7. The van der Waals surface area contributed by atoms with E-state index in [1.54, 1.807) is 23.5 Å². The highest BCUT2D eigenvalue weighted by molar-refractivity contribution is 7.99. The first-order valence-electron chi connectivity index (χ1n) is 16.3. The molecule has 1 aromatic heterocycles. The fourth-order valence-electron chi connectivity index (χ4n) is 5.52. The monoisotopic (exact) mass is 761 g/mol. The molecule has 0 radical (unpaired) electrons. The quantitative estimate of drug-likeness (QED) is 0.101. The molecule has 0 aliphatic carbocycles. The van der Waals surface area contributed by atoms with Crippen molar-refractivity contribution in [3.05, 3.63) is 93.5 Å². The zero-order valence-corrected chi connectivity index (χ0v) is 29.7. The van der Waals surface area contributed by atoms with Crippen molar-refractivity contribution in [2.24, 2.45) is 5.41 Å². The van der Waals surface area contributed by atoms with E-state index < -0.39 is 59.6 Å². The summed E-state index contributed by atoms with van der Waals surface area (Å²) in [5, 5.41) is 22.0. The Balaban J connectivity index is 1.31. The largest absolute Gasteiger partial charge is 0.416 e. The van der Waals surface area contributed by atoms with Crippen molar-refractivity contribution in [2.45, 2.75) is 93.5 Å². The molecule has 0 unspecified atom stereocenters. The van der Waals surface area contributed by atoms with Gasteiger partial charge in [0.2, 0.25) is 5.91 Å². The normalized spacial score (nSPS) is 18.9. The van der Waals surface area contributed by atoms with E-state index >= 15 is 0 Å². The molecular weight excluding hydrogens is 721 g/mol. The number of thioether (sulfide) groups is 2. The van der Waals surface area contributed by atoms with Crippen LogP contribution >= 0.6 is 23.5 Å². The fourth-order valence-corrected chi connectivity index (χ4v) is 7.89. The molecule has 2 aromatic carbocycles. The maximum Gasteiger partial charge on any atom is 0.416 e. The number of nitrogens with zero attached hydrogens (tertiary/aromatic N) is 2. The van der Waals surface area contributed by atoms with Crippen molar-refractivity contribution in [3.63, 3.8) is 0 Å². The van der Waals surface area contributed by atoms with Gasteiger partial charge >= 0.3 is 18.0 Å². The van der Waals surface area contributed by atoms with E-state index in [1.165, 1.54) is 41.1 Å². The SMILES string of the molecule is CC(C)(CC[C@H](CCSCc1ccc(C(F)(F)F)cc1)SCc1ccc(C(F)(F)F)cc1)CC(=O)Nc1ccn([C@H]2C[C@@H](O)[C@@H](CO)O2)c(=O)n1. The van der Waals surface area contributed by atoms with Gasteiger partial charge in [-0.1, -0.05) is 38.1 Å². The Kier molecular flexibility index (Phi) is 14.1. The number of nitrogens with one attached hydrogen (secondary N) is 1. The molecule has 1 amide bonds. The van der Waals surface area contributed by atoms with E-state index in [9.17, 15) is 46.1 Å². The zero-order valence-electron chi connectivity index (χ0n) is 28.0. The van der Waals surface area contributed by atoms with E-state index in [0.717, 1.165) is 41.8 Å². The molecule has 4 atom stereocenters. The first-order valence-corrected chi connectivity index (χ1v) is 18.5. The molecule has 3 N–H and O–H groups in total. The molecule has 3 aromatic rings. The van der Waals surface area contributed by atoms with Crippen LogP contribution in [0, 0.1) is 5.41 Å². The number of rotatable bonds is 16. The number of benzene rings is 2. The Morgan fingerprint density at radius 3 is 2.08 bits per heavy atom. The first-order chi connectivity index (χ1) is 23.9. The average molecular weight is 762 g/mol. The molecule has 8 nitrogen and oxygen atoms in total. The van der Waals surface area contributed by atoms with Gasteiger partial charge < -0.3 is 20.3 Å². The summed E-state index contributed by atoms with van der Waals surface area (Å²) in [6.07, 6.45) is -7.66. The zero-order chi connectivity index (χ0) is 37.4. The second kappa shape index (κ2) is 17.6. The van der Waals surface area contributed by atoms with E-state index in [-0.39, 0.29) is 29.8 Å². The molecule has 0 spiro atoms. The predicted molar refractivity (Wildman–Crippen MR) is 185 cm³/mol. The van der Waals surface area contributed by atoms with Crippen LogP contribution in [-0.2, 0) is 33.4 Å². The molecule has 280 valence electrons. The van der Waals surface area contributed by atoms with E-state index in [4.69, 9.17) is 4.74 Å². The number of ether oxygens (including phenoxy) is 1. The van der Waals surface area contributed by atoms with E-state index in [2.05, 4.69) is 10.3 Å². The molecule has 1 fully saturated rings. The Morgan fingerprint density at radius 1 is 0.961 bits per heavy atom. The number of anilines is 1. The van der Waals surface area contributed by atoms with Crippen molar-refractivity contribution in [1.82, 2.24) is 9.55 Å². The van der Waals surface area contributed by atoms with Crippen LogP contribution in [0.25, 0.3) is 0 Å². The maximum absolute atomic E-state index is 13.0. The Morgan fingerprint density at radius 2 is 1.55 bits per heavy atom. The summed E-state index contributed by atoms with van der Waals surface area (Å²) in [4.78, 5) is 29.5. The van der Waals surface area contributed by atoms with Crippen molar-refractivity contribution >= 4 is 35.2 Å². The van der Waals surface area contributed by atoms with Gasteiger partial charge in [0.15, 0.2) is 0 Å². The number of aromatic nitrogens is 2. The highest BCUT2D eigenvalue weighted by atomic mass is 32.2. The molecule has 51 heavy (non-hydrogen) atoms.